The highest BCUT2D eigenvalue weighted by atomic mass is 16.5. The van der Waals surface area contributed by atoms with Crippen molar-refractivity contribution in [3.05, 3.63) is 35.9 Å². The number of piperidine rings is 1. The van der Waals surface area contributed by atoms with E-state index in [4.69, 9.17) is 10.5 Å². The summed E-state index contributed by atoms with van der Waals surface area (Å²) in [6, 6.07) is 10.6. The first kappa shape index (κ1) is 19.3. The fourth-order valence-electron chi connectivity index (χ4n) is 4.01. The number of carbonyl (C=O) groups excluding carboxylic acids is 1. The van der Waals surface area contributed by atoms with E-state index in [2.05, 4.69) is 40.5 Å². The van der Waals surface area contributed by atoms with Crippen LogP contribution >= 0.6 is 0 Å². The van der Waals surface area contributed by atoms with Gasteiger partial charge in [-0.15, -0.1) is 0 Å². The highest BCUT2D eigenvalue weighted by Gasteiger charge is 2.36. The molecular formula is C21H33N3O2. The molecule has 2 fully saturated rings. The summed E-state index contributed by atoms with van der Waals surface area (Å²) < 4.78 is 6.00. The van der Waals surface area contributed by atoms with E-state index in [1.54, 1.807) is 0 Å². The van der Waals surface area contributed by atoms with Gasteiger partial charge < -0.3 is 15.8 Å². The molecule has 0 atom stereocenters. The number of ether oxygens (including phenoxy) is 1. The minimum absolute atomic E-state index is 0.0178. The number of hydrogen-bond donors (Lipinski definition) is 2. The van der Waals surface area contributed by atoms with Crippen LogP contribution in [0.5, 0.6) is 0 Å². The number of nitrogens with two attached hydrogens (primary N) is 1. The number of rotatable bonds is 8. The minimum atomic E-state index is -0.619. The third-order valence-electron chi connectivity index (χ3n) is 5.69. The van der Waals surface area contributed by atoms with Gasteiger partial charge in [-0.2, -0.15) is 0 Å². The monoisotopic (exact) mass is 359 g/mol. The number of carbonyl (C=O) groups is 1. The van der Waals surface area contributed by atoms with Crippen LogP contribution in [-0.4, -0.2) is 48.7 Å². The molecule has 1 aliphatic carbocycles. The maximum atomic E-state index is 12.1. The maximum Gasteiger partial charge on any atom is 0.240 e. The second-order valence-electron chi connectivity index (χ2n) is 7.80. The van der Waals surface area contributed by atoms with Crippen LogP contribution in [0.2, 0.25) is 0 Å². The zero-order valence-corrected chi connectivity index (χ0v) is 15.8. The minimum Gasteiger partial charge on any atom is -0.378 e. The van der Waals surface area contributed by atoms with E-state index in [1.165, 1.54) is 5.56 Å². The van der Waals surface area contributed by atoms with E-state index in [1.807, 2.05) is 0 Å². The highest BCUT2D eigenvalue weighted by molar-refractivity contribution is 5.86. The van der Waals surface area contributed by atoms with Crippen LogP contribution in [0.25, 0.3) is 0 Å². The molecule has 0 aromatic heterocycles. The van der Waals surface area contributed by atoms with E-state index in [9.17, 15) is 4.79 Å². The van der Waals surface area contributed by atoms with Gasteiger partial charge >= 0.3 is 0 Å². The predicted octanol–water partition coefficient (Wildman–Crippen LogP) is 2.45. The van der Waals surface area contributed by atoms with Crippen molar-refractivity contribution in [2.75, 3.05) is 26.2 Å². The van der Waals surface area contributed by atoms with Gasteiger partial charge in [0.1, 0.15) is 0 Å². The zero-order valence-electron chi connectivity index (χ0n) is 15.8. The van der Waals surface area contributed by atoms with Gasteiger partial charge in [0.2, 0.25) is 5.91 Å². The summed E-state index contributed by atoms with van der Waals surface area (Å²) in [4.78, 5) is 14.6. The smallest absolute Gasteiger partial charge is 0.240 e. The average Bonchev–Trinajstić information content (AvgIpc) is 3.11. The standard InChI is InChI=1S/C21H33N3O2/c22-21(11-4-5-12-21)20(25)23-13-6-16-26-19-9-14-24(15-10-19)17-18-7-2-1-3-8-18/h1-3,7-8,19H,4-6,9-17,22H2,(H,23,25). The van der Waals surface area contributed by atoms with Crippen molar-refractivity contribution >= 4 is 5.91 Å². The Morgan fingerprint density at radius 3 is 2.58 bits per heavy atom. The predicted molar refractivity (Wildman–Crippen MR) is 104 cm³/mol. The van der Waals surface area contributed by atoms with E-state index < -0.39 is 5.54 Å². The maximum absolute atomic E-state index is 12.1. The molecule has 1 heterocycles. The Morgan fingerprint density at radius 2 is 1.88 bits per heavy atom. The molecule has 1 saturated heterocycles. The summed E-state index contributed by atoms with van der Waals surface area (Å²) in [5.41, 5.74) is 6.91. The first-order valence-electron chi connectivity index (χ1n) is 10.1. The summed E-state index contributed by atoms with van der Waals surface area (Å²) in [6.45, 7) is 4.57. The van der Waals surface area contributed by atoms with Gasteiger partial charge in [-0.05, 0) is 37.7 Å². The molecule has 0 radical (unpaired) electrons. The second-order valence-corrected chi connectivity index (χ2v) is 7.80. The molecule has 1 aromatic rings. The van der Waals surface area contributed by atoms with Crippen LogP contribution in [0, 0.1) is 0 Å². The largest absolute Gasteiger partial charge is 0.378 e. The van der Waals surface area contributed by atoms with Gasteiger partial charge in [-0.25, -0.2) is 0 Å². The SMILES string of the molecule is NC1(C(=O)NCCCOC2CCN(Cc3ccccc3)CC2)CCCC1. The molecule has 5 heteroatoms. The summed E-state index contributed by atoms with van der Waals surface area (Å²) in [6.07, 6.45) is 7.15. The summed E-state index contributed by atoms with van der Waals surface area (Å²) in [5, 5.41) is 2.99. The molecule has 5 nitrogen and oxygen atoms in total. The molecule has 2 aliphatic rings. The molecule has 1 aromatic carbocycles. The highest BCUT2D eigenvalue weighted by Crippen LogP contribution is 2.27. The van der Waals surface area contributed by atoms with Gasteiger partial charge in [-0.3, -0.25) is 9.69 Å². The Morgan fingerprint density at radius 1 is 1.19 bits per heavy atom. The lowest BCUT2D eigenvalue weighted by Gasteiger charge is -2.32. The molecule has 0 bridgehead atoms. The number of amides is 1. The Balaban J connectivity index is 1.24. The molecule has 0 unspecified atom stereocenters. The molecule has 26 heavy (non-hydrogen) atoms. The van der Waals surface area contributed by atoms with Crippen LogP contribution in [0.3, 0.4) is 0 Å². The van der Waals surface area contributed by atoms with Gasteiger partial charge in [0, 0.05) is 32.8 Å². The zero-order chi connectivity index (χ0) is 18.2. The summed E-state index contributed by atoms with van der Waals surface area (Å²) >= 11 is 0. The van der Waals surface area contributed by atoms with Gasteiger partial charge in [-0.1, -0.05) is 43.2 Å². The third-order valence-corrected chi connectivity index (χ3v) is 5.69. The van der Waals surface area contributed by atoms with Gasteiger partial charge in [0.15, 0.2) is 0 Å². The van der Waals surface area contributed by atoms with Gasteiger partial charge in [0.25, 0.3) is 0 Å². The van der Waals surface area contributed by atoms with E-state index in [0.29, 0.717) is 19.3 Å². The number of nitrogens with zero attached hydrogens (tertiary/aromatic N) is 1. The van der Waals surface area contributed by atoms with Crippen LogP contribution in [0.15, 0.2) is 30.3 Å². The third kappa shape index (κ3) is 5.53. The molecule has 0 spiro atoms. The number of benzene rings is 1. The molecule has 1 saturated carbocycles. The van der Waals surface area contributed by atoms with Crippen molar-refractivity contribution < 1.29 is 9.53 Å². The van der Waals surface area contributed by atoms with Gasteiger partial charge in [0.05, 0.1) is 11.6 Å². The van der Waals surface area contributed by atoms with Crippen LogP contribution < -0.4 is 11.1 Å². The second kappa shape index (κ2) is 9.49. The van der Waals surface area contributed by atoms with Crippen molar-refractivity contribution in [1.29, 1.82) is 0 Å². The molecule has 144 valence electrons. The number of likely N-dealkylation sites (tertiary alicyclic amines) is 1. The molecule has 3 rings (SSSR count). The van der Waals surface area contributed by atoms with Crippen molar-refractivity contribution in [3.8, 4) is 0 Å². The Labute approximate surface area is 157 Å². The van der Waals surface area contributed by atoms with Crippen molar-refractivity contribution in [1.82, 2.24) is 10.2 Å². The van der Waals surface area contributed by atoms with Crippen molar-refractivity contribution in [2.45, 2.75) is 63.1 Å². The molecular weight excluding hydrogens is 326 g/mol. The lowest BCUT2D eigenvalue weighted by atomic mass is 9.98. The first-order chi connectivity index (χ1) is 12.7. The van der Waals surface area contributed by atoms with E-state index >= 15 is 0 Å². The first-order valence-corrected chi connectivity index (χ1v) is 10.1. The lowest BCUT2D eigenvalue weighted by Crippen LogP contribution is -2.52. The van der Waals surface area contributed by atoms with Crippen molar-refractivity contribution in [3.63, 3.8) is 0 Å². The topological polar surface area (TPSA) is 67.6 Å². The quantitative estimate of drug-likeness (QED) is 0.700. The number of nitrogens with one attached hydrogen (secondary N) is 1. The van der Waals surface area contributed by atoms with E-state index in [0.717, 1.165) is 64.6 Å². The van der Waals surface area contributed by atoms with Crippen LogP contribution in [0.4, 0.5) is 0 Å². The Kier molecular flexibility index (Phi) is 7.06. The molecule has 1 aliphatic heterocycles. The summed E-state index contributed by atoms with van der Waals surface area (Å²) in [7, 11) is 0. The molecule has 1 amide bonds. The Hall–Kier alpha value is -1.43. The fourth-order valence-corrected chi connectivity index (χ4v) is 4.01. The van der Waals surface area contributed by atoms with Crippen LogP contribution in [0.1, 0.15) is 50.5 Å². The van der Waals surface area contributed by atoms with E-state index in [-0.39, 0.29) is 5.91 Å². The summed E-state index contributed by atoms with van der Waals surface area (Å²) in [5.74, 6) is 0.0178. The fraction of sp³-hybridized carbons (Fsp3) is 0.667. The normalized spacial score (nSPS) is 21.0. The van der Waals surface area contributed by atoms with Crippen LogP contribution in [-0.2, 0) is 16.1 Å². The average molecular weight is 360 g/mol. The molecule has 3 N–H and O–H groups in total. The Bertz CT molecular complexity index is 550. The number of hydrogen-bond acceptors (Lipinski definition) is 4. The van der Waals surface area contributed by atoms with Crippen molar-refractivity contribution in [2.24, 2.45) is 5.73 Å². The lowest BCUT2D eigenvalue weighted by molar-refractivity contribution is -0.126.